The van der Waals surface area contributed by atoms with Gasteiger partial charge in [0.15, 0.2) is 0 Å². The molecule has 36 heavy (non-hydrogen) atoms. The molecule has 1 aliphatic heterocycles. The number of pyridine rings is 2. The average Bonchev–Trinajstić information content (AvgIpc) is 3.30. The molecule has 0 saturated carbocycles. The molecular weight excluding hydrogens is 471 g/mol. The number of aryl methyl sites for hydroxylation is 1. The molecule has 0 bridgehead atoms. The number of nitrogens with zero attached hydrogens (tertiary/aromatic N) is 5. The molecule has 4 aromatic rings. The van der Waals surface area contributed by atoms with Gasteiger partial charge in [0.05, 0.1) is 35.0 Å². The fraction of sp³-hybridized carbons (Fsp3) is 0.231. The van der Waals surface area contributed by atoms with Gasteiger partial charge >= 0.3 is 6.18 Å². The smallest absolute Gasteiger partial charge is 0.327 e. The second kappa shape index (κ2) is 8.78. The topological polar surface area (TPSA) is 73.0 Å². The van der Waals surface area contributed by atoms with Crippen molar-refractivity contribution in [1.29, 1.82) is 0 Å². The van der Waals surface area contributed by atoms with Crippen molar-refractivity contribution in [3.63, 3.8) is 0 Å². The summed E-state index contributed by atoms with van der Waals surface area (Å²) in [5.41, 5.74) is 2.14. The fourth-order valence-corrected chi connectivity index (χ4v) is 4.39. The molecule has 1 aliphatic rings. The molecule has 0 radical (unpaired) electrons. The highest BCUT2D eigenvalue weighted by Gasteiger charge is 2.31. The lowest BCUT2D eigenvalue weighted by atomic mass is 10.1. The molecular formula is C26H22F3N5O2. The van der Waals surface area contributed by atoms with E-state index in [4.69, 9.17) is 0 Å². The molecule has 184 valence electrons. The number of amides is 1. The van der Waals surface area contributed by atoms with E-state index in [1.807, 2.05) is 13.8 Å². The number of benzene rings is 1. The highest BCUT2D eigenvalue weighted by atomic mass is 19.4. The van der Waals surface area contributed by atoms with E-state index in [0.29, 0.717) is 35.7 Å². The van der Waals surface area contributed by atoms with Crippen molar-refractivity contribution < 1.29 is 18.0 Å². The molecule has 0 spiro atoms. The van der Waals surface area contributed by atoms with Crippen LogP contribution in [0.25, 0.3) is 16.9 Å². The second-order valence-corrected chi connectivity index (χ2v) is 8.68. The summed E-state index contributed by atoms with van der Waals surface area (Å²) in [6.07, 6.45) is -1.10. The first kappa shape index (κ1) is 23.5. The first-order valence-electron chi connectivity index (χ1n) is 11.3. The zero-order chi connectivity index (χ0) is 25.6. The maximum absolute atomic E-state index is 13.3. The second-order valence-electron chi connectivity index (χ2n) is 8.68. The van der Waals surface area contributed by atoms with E-state index in [1.54, 1.807) is 52.3 Å². The van der Waals surface area contributed by atoms with Crippen molar-refractivity contribution in [2.75, 3.05) is 6.54 Å². The first-order valence-corrected chi connectivity index (χ1v) is 11.3. The van der Waals surface area contributed by atoms with Gasteiger partial charge in [0.1, 0.15) is 11.4 Å². The van der Waals surface area contributed by atoms with Crippen LogP contribution in [-0.4, -0.2) is 36.5 Å². The Balaban J connectivity index is 1.41. The molecule has 1 aromatic carbocycles. The summed E-state index contributed by atoms with van der Waals surface area (Å²) in [7, 11) is 0. The van der Waals surface area contributed by atoms with Gasteiger partial charge in [0.25, 0.3) is 11.5 Å². The number of fused-ring (bicyclic) bond motifs is 1. The Hall–Kier alpha value is -4.21. The van der Waals surface area contributed by atoms with E-state index >= 15 is 0 Å². The Bertz CT molecular complexity index is 1510. The Morgan fingerprint density at radius 3 is 2.39 bits per heavy atom. The lowest BCUT2D eigenvalue weighted by molar-refractivity contribution is -0.137. The first-order chi connectivity index (χ1) is 17.1. The van der Waals surface area contributed by atoms with Gasteiger partial charge in [0, 0.05) is 24.8 Å². The third kappa shape index (κ3) is 4.19. The summed E-state index contributed by atoms with van der Waals surface area (Å²) in [5.74, 6) is -0.291. The summed E-state index contributed by atoms with van der Waals surface area (Å²) in [6.45, 7) is 4.30. The van der Waals surface area contributed by atoms with E-state index in [9.17, 15) is 22.8 Å². The van der Waals surface area contributed by atoms with Gasteiger partial charge in [0.2, 0.25) is 0 Å². The Kier molecular flexibility index (Phi) is 5.74. The van der Waals surface area contributed by atoms with E-state index in [2.05, 4.69) is 9.97 Å². The molecule has 10 heteroatoms. The lowest BCUT2D eigenvalue weighted by Gasteiger charge is -2.34. The Labute approximate surface area is 204 Å². The zero-order valence-corrected chi connectivity index (χ0v) is 19.5. The number of carbonyl (C=O) groups is 1. The average molecular weight is 493 g/mol. The van der Waals surface area contributed by atoms with Gasteiger partial charge in [-0.3, -0.25) is 14.6 Å². The third-order valence-electron chi connectivity index (χ3n) is 6.36. The minimum atomic E-state index is -4.41. The number of alkyl halides is 3. The minimum absolute atomic E-state index is 0.270. The monoisotopic (exact) mass is 493 g/mol. The van der Waals surface area contributed by atoms with Crippen LogP contribution in [-0.2, 0) is 12.7 Å². The summed E-state index contributed by atoms with van der Waals surface area (Å²) in [5, 5.41) is 0. The molecule has 1 atom stereocenters. The van der Waals surface area contributed by atoms with Crippen molar-refractivity contribution in [2.45, 2.75) is 32.6 Å². The van der Waals surface area contributed by atoms with Gasteiger partial charge in [-0.1, -0.05) is 18.2 Å². The highest BCUT2D eigenvalue weighted by molar-refractivity contribution is 5.93. The molecule has 4 heterocycles. The van der Waals surface area contributed by atoms with Crippen molar-refractivity contribution >= 4 is 5.91 Å². The molecule has 3 aromatic heterocycles. The number of rotatable bonds is 4. The normalized spacial score (nSPS) is 14.6. The molecule has 0 aliphatic carbocycles. The summed E-state index contributed by atoms with van der Waals surface area (Å²) < 4.78 is 41.8. The quantitative estimate of drug-likeness (QED) is 0.415. The number of imidazole rings is 1. The number of carbonyl (C=O) groups excluding carboxylic acids is 1. The van der Waals surface area contributed by atoms with Crippen LogP contribution in [0.1, 0.15) is 40.4 Å². The van der Waals surface area contributed by atoms with Crippen LogP contribution >= 0.6 is 0 Å². The fourth-order valence-electron chi connectivity index (χ4n) is 4.39. The molecule has 5 rings (SSSR count). The highest BCUT2D eigenvalue weighted by Crippen LogP contribution is 2.31. The number of hydrogen-bond donors (Lipinski definition) is 0. The van der Waals surface area contributed by atoms with Gasteiger partial charge in [-0.05, 0) is 50.2 Å². The van der Waals surface area contributed by atoms with Crippen LogP contribution in [0.2, 0.25) is 0 Å². The number of hydrogen-bond acceptors (Lipinski definition) is 4. The van der Waals surface area contributed by atoms with E-state index in [1.165, 1.54) is 16.7 Å². The molecule has 0 unspecified atom stereocenters. The van der Waals surface area contributed by atoms with Crippen molar-refractivity contribution in [2.24, 2.45) is 0 Å². The molecule has 1 amide bonds. The maximum atomic E-state index is 13.3. The molecule has 0 saturated heterocycles. The molecule has 0 fully saturated rings. The maximum Gasteiger partial charge on any atom is 0.416 e. The van der Waals surface area contributed by atoms with E-state index in [-0.39, 0.29) is 17.2 Å². The van der Waals surface area contributed by atoms with E-state index in [0.717, 1.165) is 17.8 Å². The van der Waals surface area contributed by atoms with Crippen molar-refractivity contribution in [3.8, 4) is 16.9 Å². The summed E-state index contributed by atoms with van der Waals surface area (Å²) >= 11 is 0. The van der Waals surface area contributed by atoms with Crippen LogP contribution in [0.15, 0.2) is 71.9 Å². The molecule has 7 nitrogen and oxygen atoms in total. The third-order valence-corrected chi connectivity index (χ3v) is 6.36. The Morgan fingerprint density at radius 1 is 0.972 bits per heavy atom. The van der Waals surface area contributed by atoms with Crippen LogP contribution < -0.4 is 5.56 Å². The summed E-state index contributed by atoms with van der Waals surface area (Å²) in [4.78, 5) is 36.8. The predicted octanol–water partition coefficient (Wildman–Crippen LogP) is 4.64. The van der Waals surface area contributed by atoms with Gasteiger partial charge in [-0.15, -0.1) is 0 Å². The van der Waals surface area contributed by atoms with Gasteiger partial charge < -0.3 is 14.0 Å². The Morgan fingerprint density at radius 2 is 1.72 bits per heavy atom. The number of aromatic nitrogens is 4. The van der Waals surface area contributed by atoms with Crippen LogP contribution in [0, 0.1) is 6.92 Å². The SMILES string of the molecule is Cc1cn(-c2ccc3n(c2=O)CCN([C@@H](C)c2cccc(-c4ccc(C(F)(F)F)cc4)n2)C3=O)cn1. The summed E-state index contributed by atoms with van der Waals surface area (Å²) in [6, 6.07) is 12.9. The largest absolute Gasteiger partial charge is 0.416 e. The van der Waals surface area contributed by atoms with Crippen LogP contribution in [0.3, 0.4) is 0 Å². The standard InChI is InChI=1S/C26H22F3N5O2/c1-16-14-32(15-30-16)22-10-11-23-25(36)33(12-13-34(23)24(22)35)17(2)20-4-3-5-21(31-20)18-6-8-19(9-7-18)26(27,28)29/h3-11,14-15,17H,12-13H2,1-2H3/t17-/m0/s1. The zero-order valence-electron chi connectivity index (χ0n) is 19.5. The minimum Gasteiger partial charge on any atom is -0.327 e. The predicted molar refractivity (Wildman–Crippen MR) is 127 cm³/mol. The van der Waals surface area contributed by atoms with E-state index < -0.39 is 17.8 Å². The van der Waals surface area contributed by atoms with Crippen molar-refractivity contribution in [3.05, 3.63) is 100 Å². The number of halogens is 3. The van der Waals surface area contributed by atoms with Crippen LogP contribution in [0.4, 0.5) is 13.2 Å². The van der Waals surface area contributed by atoms with Crippen LogP contribution in [0.5, 0.6) is 0 Å². The van der Waals surface area contributed by atoms with Gasteiger partial charge in [-0.2, -0.15) is 13.2 Å². The molecule has 0 N–H and O–H groups in total. The van der Waals surface area contributed by atoms with Gasteiger partial charge in [-0.25, -0.2) is 4.98 Å². The van der Waals surface area contributed by atoms with Crippen molar-refractivity contribution in [1.82, 2.24) is 24.0 Å². The lowest BCUT2D eigenvalue weighted by Crippen LogP contribution is -2.46.